The molecular weight excluding hydrogens is 280 g/mol. The molecule has 2 atom stereocenters. The lowest BCUT2D eigenvalue weighted by Gasteiger charge is -2.37. The van der Waals surface area contributed by atoms with E-state index in [1.165, 1.54) is 0 Å². The SMILES string of the molecule is CCCCOC(=O)c1ccc2c(c1)C(N)CC(C)N2C(C)=O. The number of nitrogens with two attached hydrogens (primary N) is 1. The molecule has 1 aromatic rings. The van der Waals surface area contributed by atoms with Crippen molar-refractivity contribution in [2.75, 3.05) is 11.5 Å². The van der Waals surface area contributed by atoms with Gasteiger partial charge in [-0.3, -0.25) is 4.79 Å². The van der Waals surface area contributed by atoms with Crippen LogP contribution in [0.2, 0.25) is 0 Å². The topological polar surface area (TPSA) is 72.6 Å². The smallest absolute Gasteiger partial charge is 0.338 e. The highest BCUT2D eigenvalue weighted by molar-refractivity contribution is 5.95. The summed E-state index contributed by atoms with van der Waals surface area (Å²) in [7, 11) is 0. The third kappa shape index (κ3) is 3.30. The Balaban J connectivity index is 2.28. The van der Waals surface area contributed by atoms with Crippen LogP contribution in [0.25, 0.3) is 0 Å². The number of rotatable bonds is 4. The van der Waals surface area contributed by atoms with Crippen LogP contribution in [-0.4, -0.2) is 24.5 Å². The van der Waals surface area contributed by atoms with E-state index in [2.05, 4.69) is 0 Å². The molecule has 0 fully saturated rings. The number of hydrogen-bond donors (Lipinski definition) is 1. The third-order valence-electron chi connectivity index (χ3n) is 4.03. The monoisotopic (exact) mass is 304 g/mol. The van der Waals surface area contributed by atoms with Crippen LogP contribution in [-0.2, 0) is 9.53 Å². The largest absolute Gasteiger partial charge is 0.462 e. The van der Waals surface area contributed by atoms with Gasteiger partial charge in [0.15, 0.2) is 0 Å². The van der Waals surface area contributed by atoms with E-state index < -0.39 is 0 Å². The molecule has 1 heterocycles. The Labute approximate surface area is 131 Å². The summed E-state index contributed by atoms with van der Waals surface area (Å²) in [6.07, 6.45) is 2.51. The van der Waals surface area contributed by atoms with Crippen molar-refractivity contribution in [1.29, 1.82) is 0 Å². The molecule has 0 saturated carbocycles. The Kier molecular flexibility index (Phi) is 5.19. The number of hydrogen-bond acceptors (Lipinski definition) is 4. The highest BCUT2D eigenvalue weighted by Gasteiger charge is 2.31. The van der Waals surface area contributed by atoms with Crippen molar-refractivity contribution < 1.29 is 14.3 Å². The fourth-order valence-electron chi connectivity index (χ4n) is 2.91. The Morgan fingerprint density at radius 2 is 2.14 bits per heavy atom. The third-order valence-corrected chi connectivity index (χ3v) is 4.03. The van der Waals surface area contributed by atoms with Gasteiger partial charge in [-0.15, -0.1) is 0 Å². The van der Waals surface area contributed by atoms with Crippen molar-refractivity contribution >= 4 is 17.6 Å². The summed E-state index contributed by atoms with van der Waals surface area (Å²) in [5, 5.41) is 0. The van der Waals surface area contributed by atoms with Crippen LogP contribution >= 0.6 is 0 Å². The minimum Gasteiger partial charge on any atom is -0.462 e. The van der Waals surface area contributed by atoms with E-state index in [1.54, 1.807) is 30.0 Å². The first kappa shape index (κ1) is 16.5. The number of anilines is 1. The normalized spacial score (nSPS) is 20.5. The molecule has 0 radical (unpaired) electrons. The van der Waals surface area contributed by atoms with Gasteiger partial charge in [-0.1, -0.05) is 13.3 Å². The van der Waals surface area contributed by atoms with Crippen LogP contribution < -0.4 is 10.6 Å². The zero-order valence-corrected chi connectivity index (χ0v) is 13.5. The number of benzene rings is 1. The summed E-state index contributed by atoms with van der Waals surface area (Å²) in [5.41, 5.74) is 8.32. The molecule has 0 aromatic heterocycles. The lowest BCUT2D eigenvalue weighted by atomic mass is 9.91. The maximum Gasteiger partial charge on any atom is 0.338 e. The van der Waals surface area contributed by atoms with Gasteiger partial charge in [0.05, 0.1) is 12.2 Å². The van der Waals surface area contributed by atoms with Crippen molar-refractivity contribution in [3.63, 3.8) is 0 Å². The second kappa shape index (κ2) is 6.92. The number of nitrogens with zero attached hydrogens (tertiary/aromatic N) is 1. The zero-order valence-electron chi connectivity index (χ0n) is 13.5. The summed E-state index contributed by atoms with van der Waals surface area (Å²) in [6.45, 7) is 6.00. The Hall–Kier alpha value is -1.88. The quantitative estimate of drug-likeness (QED) is 0.686. The lowest BCUT2D eigenvalue weighted by molar-refractivity contribution is -0.117. The Morgan fingerprint density at radius 1 is 1.41 bits per heavy atom. The van der Waals surface area contributed by atoms with Crippen LogP contribution in [0, 0.1) is 0 Å². The van der Waals surface area contributed by atoms with E-state index in [4.69, 9.17) is 10.5 Å². The molecule has 0 spiro atoms. The van der Waals surface area contributed by atoms with Gasteiger partial charge in [0.2, 0.25) is 5.91 Å². The van der Waals surface area contributed by atoms with Crippen molar-refractivity contribution in [2.45, 2.75) is 52.1 Å². The van der Waals surface area contributed by atoms with E-state index in [1.807, 2.05) is 13.8 Å². The highest BCUT2D eigenvalue weighted by atomic mass is 16.5. The first-order valence-corrected chi connectivity index (χ1v) is 7.82. The fraction of sp³-hybridized carbons (Fsp3) is 0.529. The highest BCUT2D eigenvalue weighted by Crippen LogP contribution is 2.36. The summed E-state index contributed by atoms with van der Waals surface area (Å²) in [4.78, 5) is 25.7. The van der Waals surface area contributed by atoms with Gasteiger partial charge in [0, 0.05) is 24.7 Å². The number of carbonyl (C=O) groups excluding carboxylic acids is 2. The molecule has 0 saturated heterocycles. The summed E-state index contributed by atoms with van der Waals surface area (Å²) < 4.78 is 5.23. The molecule has 0 aliphatic carbocycles. The van der Waals surface area contributed by atoms with Gasteiger partial charge in [0.25, 0.3) is 0 Å². The lowest BCUT2D eigenvalue weighted by Crippen LogP contribution is -2.43. The predicted octanol–water partition coefficient (Wildman–Crippen LogP) is 2.79. The molecule has 5 nitrogen and oxygen atoms in total. The maximum absolute atomic E-state index is 12.0. The zero-order chi connectivity index (χ0) is 16.3. The minimum absolute atomic E-state index is 0.0149. The number of ether oxygens (including phenoxy) is 1. The van der Waals surface area contributed by atoms with Crippen molar-refractivity contribution in [3.05, 3.63) is 29.3 Å². The van der Waals surface area contributed by atoms with Crippen molar-refractivity contribution in [2.24, 2.45) is 5.73 Å². The molecule has 1 aliphatic heterocycles. The average Bonchev–Trinajstić information content (AvgIpc) is 2.46. The van der Waals surface area contributed by atoms with Crippen LogP contribution in [0.4, 0.5) is 5.69 Å². The van der Waals surface area contributed by atoms with Crippen molar-refractivity contribution in [3.8, 4) is 0 Å². The molecule has 22 heavy (non-hydrogen) atoms. The molecule has 1 amide bonds. The van der Waals surface area contributed by atoms with E-state index in [9.17, 15) is 9.59 Å². The number of esters is 1. The van der Waals surface area contributed by atoms with E-state index in [0.29, 0.717) is 18.6 Å². The van der Waals surface area contributed by atoms with Gasteiger partial charge >= 0.3 is 5.97 Å². The molecular formula is C17H24N2O3. The molecule has 120 valence electrons. The minimum atomic E-state index is -0.337. The van der Waals surface area contributed by atoms with Gasteiger partial charge in [-0.2, -0.15) is 0 Å². The second-order valence-electron chi connectivity index (χ2n) is 5.84. The van der Waals surface area contributed by atoms with Crippen LogP contribution in [0.3, 0.4) is 0 Å². The molecule has 2 unspecified atom stereocenters. The molecule has 5 heteroatoms. The van der Waals surface area contributed by atoms with Crippen LogP contribution in [0.5, 0.6) is 0 Å². The molecule has 0 bridgehead atoms. The molecule has 1 aromatic carbocycles. The van der Waals surface area contributed by atoms with Gasteiger partial charge < -0.3 is 15.4 Å². The van der Waals surface area contributed by atoms with Crippen LogP contribution in [0.15, 0.2) is 18.2 Å². The van der Waals surface area contributed by atoms with E-state index >= 15 is 0 Å². The second-order valence-corrected chi connectivity index (χ2v) is 5.84. The predicted molar refractivity (Wildman–Crippen MR) is 85.8 cm³/mol. The number of amides is 1. The summed E-state index contributed by atoms with van der Waals surface area (Å²) >= 11 is 0. The van der Waals surface area contributed by atoms with E-state index in [-0.39, 0.29) is 24.0 Å². The van der Waals surface area contributed by atoms with E-state index in [0.717, 1.165) is 24.1 Å². The number of fused-ring (bicyclic) bond motifs is 1. The van der Waals surface area contributed by atoms with Crippen LogP contribution in [0.1, 0.15) is 62.0 Å². The number of carbonyl (C=O) groups is 2. The fourth-order valence-corrected chi connectivity index (χ4v) is 2.91. The molecule has 2 N–H and O–H groups in total. The maximum atomic E-state index is 12.0. The standard InChI is InChI=1S/C17H24N2O3/c1-4-5-8-22-17(21)13-6-7-16-14(10-13)15(18)9-11(2)19(16)12(3)20/h6-7,10-11,15H,4-5,8-9,18H2,1-3H3. The van der Waals surface area contributed by atoms with Crippen molar-refractivity contribution in [1.82, 2.24) is 0 Å². The average molecular weight is 304 g/mol. The molecule has 2 rings (SSSR count). The first-order valence-electron chi connectivity index (χ1n) is 7.82. The van der Waals surface area contributed by atoms with Gasteiger partial charge in [0.1, 0.15) is 0 Å². The first-order chi connectivity index (χ1) is 10.5. The molecule has 1 aliphatic rings. The van der Waals surface area contributed by atoms with Gasteiger partial charge in [-0.05, 0) is 43.5 Å². The summed E-state index contributed by atoms with van der Waals surface area (Å²) in [5.74, 6) is -0.352. The Bertz CT molecular complexity index is 571. The van der Waals surface area contributed by atoms with Gasteiger partial charge in [-0.25, -0.2) is 4.79 Å². The summed E-state index contributed by atoms with van der Waals surface area (Å²) in [6, 6.07) is 5.14. The number of unbranched alkanes of at least 4 members (excludes halogenated alkanes) is 1. The Morgan fingerprint density at radius 3 is 2.77 bits per heavy atom.